The van der Waals surface area contributed by atoms with E-state index < -0.39 is 25.0 Å². The molecule has 1 aromatic heterocycles. The fraction of sp³-hybridized carbons (Fsp3) is 0.385. The molecule has 0 fully saturated rings. The Morgan fingerprint density at radius 2 is 1.87 bits per heavy atom. The second-order valence-electron chi connectivity index (χ2n) is 8.40. The molecular formula is C26H34N6O7. The van der Waals surface area contributed by atoms with Gasteiger partial charge in [-0.25, -0.2) is 19.5 Å². The van der Waals surface area contributed by atoms with Crippen LogP contribution in [0.25, 0.3) is 0 Å². The summed E-state index contributed by atoms with van der Waals surface area (Å²) in [6.07, 6.45) is 0.425. The lowest BCUT2D eigenvalue weighted by Gasteiger charge is -2.25. The first kappa shape index (κ1) is 30.7. The zero-order valence-corrected chi connectivity index (χ0v) is 22.6. The van der Waals surface area contributed by atoms with E-state index in [0.29, 0.717) is 36.1 Å². The average Bonchev–Trinajstić information content (AvgIpc) is 3.28. The highest BCUT2D eigenvalue weighted by atomic mass is 16.7. The van der Waals surface area contributed by atoms with E-state index in [1.165, 1.54) is 19.2 Å². The van der Waals surface area contributed by atoms with Crippen LogP contribution in [-0.4, -0.2) is 72.1 Å². The zero-order valence-electron chi connectivity index (χ0n) is 22.6. The van der Waals surface area contributed by atoms with Crippen LogP contribution in [-0.2, 0) is 14.3 Å². The summed E-state index contributed by atoms with van der Waals surface area (Å²) >= 11 is 0. The van der Waals surface area contributed by atoms with Gasteiger partial charge in [0.1, 0.15) is 12.4 Å². The molecule has 0 bridgehead atoms. The van der Waals surface area contributed by atoms with Crippen LogP contribution in [0.1, 0.15) is 64.7 Å². The van der Waals surface area contributed by atoms with E-state index in [2.05, 4.69) is 20.6 Å². The highest BCUT2D eigenvalue weighted by molar-refractivity contribution is 6.24. The van der Waals surface area contributed by atoms with Crippen LogP contribution < -0.4 is 15.5 Å². The SMILES string of the molecule is CCCNC(=O)c1c[nH]c(C(=NC=N)N(C(=O)OCOC(=O)C(C)O)c2cc(C(=O)NCC)ccc2C)c1C. The van der Waals surface area contributed by atoms with Gasteiger partial charge in [0.25, 0.3) is 11.8 Å². The molecule has 3 amide bonds. The van der Waals surface area contributed by atoms with Crippen LogP contribution in [0.2, 0.25) is 0 Å². The van der Waals surface area contributed by atoms with Crippen molar-refractivity contribution in [1.82, 2.24) is 15.6 Å². The summed E-state index contributed by atoms with van der Waals surface area (Å²) in [7, 11) is 0. The molecule has 5 N–H and O–H groups in total. The number of aliphatic hydroxyl groups excluding tert-OH is 1. The number of hydrogen-bond donors (Lipinski definition) is 5. The van der Waals surface area contributed by atoms with E-state index in [1.54, 1.807) is 32.9 Å². The first-order valence-electron chi connectivity index (χ1n) is 12.3. The first-order valence-corrected chi connectivity index (χ1v) is 12.3. The summed E-state index contributed by atoms with van der Waals surface area (Å²) in [4.78, 5) is 58.3. The minimum Gasteiger partial charge on any atom is -0.426 e. The average molecular weight is 543 g/mol. The highest BCUT2D eigenvalue weighted by Crippen LogP contribution is 2.27. The summed E-state index contributed by atoms with van der Waals surface area (Å²) < 4.78 is 9.92. The molecule has 0 spiro atoms. The molecule has 2 rings (SSSR count). The number of aliphatic hydroxyl groups is 1. The number of aromatic nitrogens is 1. The molecule has 0 saturated heterocycles. The summed E-state index contributed by atoms with van der Waals surface area (Å²) in [6, 6.07) is 4.66. The molecule has 0 aliphatic heterocycles. The van der Waals surface area contributed by atoms with Crippen LogP contribution in [0.5, 0.6) is 0 Å². The van der Waals surface area contributed by atoms with Crippen molar-refractivity contribution in [2.75, 3.05) is 24.8 Å². The number of amides is 3. The molecule has 0 saturated carbocycles. The van der Waals surface area contributed by atoms with Crippen molar-refractivity contribution >= 4 is 41.7 Å². The molecule has 0 radical (unpaired) electrons. The Hall–Kier alpha value is -4.52. The Morgan fingerprint density at radius 3 is 2.49 bits per heavy atom. The number of H-pyrrole nitrogens is 1. The molecule has 1 heterocycles. The largest absolute Gasteiger partial charge is 0.426 e. The van der Waals surface area contributed by atoms with Crippen molar-refractivity contribution in [1.29, 1.82) is 5.41 Å². The molecule has 1 atom stereocenters. The van der Waals surface area contributed by atoms with E-state index in [1.807, 2.05) is 6.92 Å². The number of carbonyl (C=O) groups is 4. The third-order valence-corrected chi connectivity index (χ3v) is 5.50. The van der Waals surface area contributed by atoms with Crippen molar-refractivity contribution < 1.29 is 33.8 Å². The molecule has 2 aromatic rings. The molecule has 0 aliphatic carbocycles. The minimum atomic E-state index is -1.43. The van der Waals surface area contributed by atoms with Gasteiger partial charge in [-0.05, 0) is 57.4 Å². The lowest BCUT2D eigenvalue weighted by Crippen LogP contribution is -2.40. The van der Waals surface area contributed by atoms with Gasteiger partial charge in [-0.2, -0.15) is 0 Å². The molecule has 0 aliphatic rings. The predicted molar refractivity (Wildman–Crippen MR) is 144 cm³/mol. The van der Waals surface area contributed by atoms with Crippen molar-refractivity contribution in [3.63, 3.8) is 0 Å². The lowest BCUT2D eigenvalue weighted by molar-refractivity contribution is -0.160. The number of amidine groups is 1. The van der Waals surface area contributed by atoms with Crippen LogP contribution in [0.15, 0.2) is 29.4 Å². The summed E-state index contributed by atoms with van der Waals surface area (Å²) in [5.41, 5.74) is 1.97. The number of nitrogens with one attached hydrogen (secondary N) is 4. The molecule has 1 aromatic carbocycles. The highest BCUT2D eigenvalue weighted by Gasteiger charge is 2.30. The monoisotopic (exact) mass is 542 g/mol. The lowest BCUT2D eigenvalue weighted by atomic mass is 10.1. The number of benzene rings is 1. The standard InChI is InChI=1S/C26H34N6O7/c1-6-10-29-24(35)19-12-30-21(16(19)4)22(31-13-27)32(26(37)39-14-38-25(36)17(5)33)20-11-18(9-8-15(20)3)23(34)28-7-2/h8-9,11-13,17,27,30,33H,6-7,10,14H2,1-5H3,(H,28,34)(H,29,35). The summed E-state index contributed by atoms with van der Waals surface area (Å²) in [5.74, 6) is -1.82. The first-order chi connectivity index (χ1) is 18.6. The Balaban J connectivity index is 2.63. The maximum Gasteiger partial charge on any atom is 0.423 e. The maximum absolute atomic E-state index is 13.4. The third kappa shape index (κ3) is 7.74. The van der Waals surface area contributed by atoms with Crippen LogP contribution >= 0.6 is 0 Å². The van der Waals surface area contributed by atoms with Crippen LogP contribution in [0.3, 0.4) is 0 Å². The molecule has 13 heteroatoms. The van der Waals surface area contributed by atoms with Crippen molar-refractivity contribution in [2.24, 2.45) is 4.99 Å². The maximum atomic E-state index is 13.4. The predicted octanol–water partition coefficient (Wildman–Crippen LogP) is 2.40. The fourth-order valence-electron chi connectivity index (χ4n) is 3.47. The normalized spacial score (nSPS) is 11.8. The zero-order chi connectivity index (χ0) is 29.1. The molecular weight excluding hydrogens is 508 g/mol. The number of aromatic amines is 1. The number of aryl methyl sites for hydroxylation is 1. The number of rotatable bonds is 11. The van der Waals surface area contributed by atoms with Gasteiger partial charge in [-0.3, -0.25) is 15.0 Å². The Morgan fingerprint density at radius 1 is 1.15 bits per heavy atom. The van der Waals surface area contributed by atoms with Gasteiger partial charge in [-0.1, -0.05) is 13.0 Å². The van der Waals surface area contributed by atoms with Crippen LogP contribution in [0.4, 0.5) is 10.5 Å². The van der Waals surface area contributed by atoms with Gasteiger partial charge in [0, 0.05) is 24.8 Å². The Labute approximate surface area is 226 Å². The molecule has 13 nitrogen and oxygen atoms in total. The van der Waals surface area contributed by atoms with E-state index in [9.17, 15) is 24.3 Å². The minimum absolute atomic E-state index is 0.111. The molecule has 39 heavy (non-hydrogen) atoms. The summed E-state index contributed by atoms with van der Waals surface area (Å²) in [6.45, 7) is 8.26. The Bertz CT molecular complexity index is 1250. The number of aliphatic imine (C=N–C) groups is 1. The van der Waals surface area contributed by atoms with Crippen molar-refractivity contribution in [2.45, 2.75) is 47.1 Å². The van der Waals surface area contributed by atoms with E-state index in [0.717, 1.165) is 11.3 Å². The Kier molecular flexibility index (Phi) is 11.4. The van der Waals surface area contributed by atoms with Gasteiger partial charge < -0.3 is 30.2 Å². The second-order valence-corrected chi connectivity index (χ2v) is 8.40. The van der Waals surface area contributed by atoms with Gasteiger partial charge in [0.05, 0.1) is 16.9 Å². The number of anilines is 1. The molecule has 210 valence electrons. The van der Waals surface area contributed by atoms with Crippen molar-refractivity contribution in [3.05, 3.63) is 52.3 Å². The smallest absolute Gasteiger partial charge is 0.423 e. The van der Waals surface area contributed by atoms with E-state index in [4.69, 9.17) is 14.9 Å². The number of carbonyl (C=O) groups excluding carboxylic acids is 4. The quantitative estimate of drug-likeness (QED) is 0.125. The fourth-order valence-corrected chi connectivity index (χ4v) is 3.47. The van der Waals surface area contributed by atoms with E-state index >= 15 is 0 Å². The second kappa shape index (κ2) is 14.4. The van der Waals surface area contributed by atoms with Gasteiger partial charge in [0.15, 0.2) is 5.84 Å². The van der Waals surface area contributed by atoms with Crippen molar-refractivity contribution in [3.8, 4) is 0 Å². The number of ether oxygens (including phenoxy) is 2. The van der Waals surface area contributed by atoms with Gasteiger partial charge >= 0.3 is 12.1 Å². The number of hydrogen-bond acceptors (Lipinski definition) is 8. The van der Waals surface area contributed by atoms with Crippen LogP contribution in [0, 0.1) is 19.3 Å². The summed E-state index contributed by atoms with van der Waals surface area (Å²) in [5, 5.41) is 22.5. The number of nitrogens with zero attached hydrogens (tertiary/aromatic N) is 2. The van der Waals surface area contributed by atoms with E-state index in [-0.39, 0.29) is 34.6 Å². The van der Waals surface area contributed by atoms with Gasteiger partial charge in [-0.15, -0.1) is 0 Å². The molecule has 1 unspecified atom stereocenters. The number of esters is 1. The topological polar surface area (TPSA) is 186 Å². The third-order valence-electron chi connectivity index (χ3n) is 5.50. The van der Waals surface area contributed by atoms with Gasteiger partial charge in [0.2, 0.25) is 6.79 Å².